The van der Waals surface area contributed by atoms with Crippen molar-refractivity contribution in [2.75, 3.05) is 14.2 Å². The molecule has 0 spiro atoms. The summed E-state index contributed by atoms with van der Waals surface area (Å²) in [7, 11) is 3.15. The van der Waals surface area contributed by atoms with E-state index in [2.05, 4.69) is 10.5 Å². The number of nitrogens with zero attached hydrogens (tertiary/aromatic N) is 2. The van der Waals surface area contributed by atoms with Crippen molar-refractivity contribution >= 4 is 11.9 Å². The highest BCUT2D eigenvalue weighted by Crippen LogP contribution is 2.27. The molecule has 0 fully saturated rings. The second-order valence-electron chi connectivity index (χ2n) is 5.93. The molecule has 0 saturated carbocycles. The van der Waals surface area contributed by atoms with E-state index in [0.717, 1.165) is 5.56 Å². The minimum absolute atomic E-state index is 0.0209. The van der Waals surface area contributed by atoms with Gasteiger partial charge in [0.1, 0.15) is 5.75 Å². The number of rotatable bonds is 9. The summed E-state index contributed by atoms with van der Waals surface area (Å²) < 4.78 is 16.2. The molecule has 0 aliphatic carbocycles. The van der Waals surface area contributed by atoms with Crippen molar-refractivity contribution in [3.8, 4) is 17.2 Å². The fourth-order valence-electron chi connectivity index (χ4n) is 2.35. The minimum atomic E-state index is -0.451. The number of ether oxygens (including phenoxy) is 3. The largest absolute Gasteiger partial charge is 0.493 e. The van der Waals surface area contributed by atoms with Gasteiger partial charge in [-0.1, -0.05) is 6.07 Å². The van der Waals surface area contributed by atoms with Crippen molar-refractivity contribution in [1.82, 2.24) is 5.43 Å². The van der Waals surface area contributed by atoms with Crippen LogP contribution in [0.25, 0.3) is 0 Å². The lowest BCUT2D eigenvalue weighted by Crippen LogP contribution is -2.09. The molecule has 0 saturated heterocycles. The zero-order chi connectivity index (χ0) is 19.8. The third-order valence-corrected chi connectivity index (χ3v) is 3.59. The molecule has 0 amide bonds. The molecule has 0 aliphatic rings. The van der Waals surface area contributed by atoms with Crippen molar-refractivity contribution in [2.24, 2.45) is 5.10 Å². The molecule has 2 rings (SSSR count). The lowest BCUT2D eigenvalue weighted by atomic mass is 10.2. The van der Waals surface area contributed by atoms with Gasteiger partial charge in [-0.25, -0.2) is 0 Å². The summed E-state index contributed by atoms with van der Waals surface area (Å²) in [5.41, 5.74) is 4.37. The molecule has 144 valence electrons. The third kappa shape index (κ3) is 5.60. The molecule has 0 unspecified atom stereocenters. The summed E-state index contributed by atoms with van der Waals surface area (Å²) in [6.45, 7) is 4.22. The number of nitro groups is 1. The van der Waals surface area contributed by atoms with Gasteiger partial charge in [0.15, 0.2) is 11.5 Å². The van der Waals surface area contributed by atoms with Crippen LogP contribution in [0.4, 0.5) is 5.69 Å². The molecular weight excluding hydrogens is 350 g/mol. The van der Waals surface area contributed by atoms with E-state index in [1.807, 2.05) is 32.0 Å². The Balaban J connectivity index is 2.10. The number of nitro benzene ring substituents is 1. The first-order valence-electron chi connectivity index (χ1n) is 8.36. The fraction of sp³-hybridized carbons (Fsp3) is 0.316. The van der Waals surface area contributed by atoms with E-state index in [0.29, 0.717) is 29.4 Å². The van der Waals surface area contributed by atoms with Crippen LogP contribution in [0.15, 0.2) is 41.5 Å². The Morgan fingerprint density at radius 3 is 2.44 bits per heavy atom. The van der Waals surface area contributed by atoms with Gasteiger partial charge >= 0.3 is 0 Å². The van der Waals surface area contributed by atoms with Crippen molar-refractivity contribution in [3.05, 3.63) is 57.6 Å². The average molecular weight is 373 g/mol. The second-order valence-corrected chi connectivity index (χ2v) is 5.93. The molecule has 0 radical (unpaired) electrons. The number of methoxy groups -OCH3 is 2. The molecule has 0 heterocycles. The van der Waals surface area contributed by atoms with Gasteiger partial charge < -0.3 is 19.6 Å². The highest BCUT2D eigenvalue weighted by Gasteiger charge is 2.11. The van der Waals surface area contributed by atoms with Crippen LogP contribution >= 0.6 is 0 Å². The fourth-order valence-corrected chi connectivity index (χ4v) is 2.35. The molecule has 27 heavy (non-hydrogen) atoms. The van der Waals surface area contributed by atoms with Crippen LogP contribution in [0.3, 0.4) is 0 Å². The summed E-state index contributed by atoms with van der Waals surface area (Å²) in [6, 6.07) is 9.97. The van der Waals surface area contributed by atoms with Gasteiger partial charge in [-0.05, 0) is 37.6 Å². The molecule has 0 aromatic heterocycles. The maximum Gasteiger partial charge on any atom is 0.270 e. The van der Waals surface area contributed by atoms with Crippen molar-refractivity contribution in [1.29, 1.82) is 0 Å². The van der Waals surface area contributed by atoms with Crippen LogP contribution in [-0.2, 0) is 6.54 Å². The molecule has 0 bridgehead atoms. The standard InChI is InChI=1S/C19H23N3O5/c1-13(2)27-17-8-6-16(22(23)24)10-15(17)12-21-20-11-14-5-7-18(25-3)19(9-14)26-4/h5-10,12-13,20H,11H2,1-4H3/b21-12+. The first kappa shape index (κ1) is 20.0. The smallest absolute Gasteiger partial charge is 0.270 e. The predicted octanol–water partition coefficient (Wildman–Crippen LogP) is 3.52. The highest BCUT2D eigenvalue weighted by atomic mass is 16.6. The summed E-state index contributed by atoms with van der Waals surface area (Å²) in [5.74, 6) is 1.82. The normalized spacial score (nSPS) is 10.9. The van der Waals surface area contributed by atoms with Gasteiger partial charge in [0.2, 0.25) is 0 Å². The van der Waals surface area contributed by atoms with Crippen LogP contribution in [-0.4, -0.2) is 31.5 Å². The molecule has 0 atom stereocenters. The highest BCUT2D eigenvalue weighted by molar-refractivity contribution is 5.84. The Morgan fingerprint density at radius 1 is 1.11 bits per heavy atom. The first-order chi connectivity index (χ1) is 12.9. The number of non-ortho nitro benzene ring substituents is 1. The van der Waals surface area contributed by atoms with Gasteiger partial charge in [-0.2, -0.15) is 5.10 Å². The van der Waals surface area contributed by atoms with E-state index in [1.165, 1.54) is 18.3 Å². The van der Waals surface area contributed by atoms with E-state index < -0.39 is 4.92 Å². The number of hydrogen-bond donors (Lipinski definition) is 1. The summed E-state index contributed by atoms with van der Waals surface area (Å²) in [6.07, 6.45) is 1.45. The Labute approximate surface area is 157 Å². The van der Waals surface area contributed by atoms with Crippen molar-refractivity contribution in [3.63, 3.8) is 0 Å². The number of nitrogens with one attached hydrogen (secondary N) is 1. The number of hydrazone groups is 1. The monoisotopic (exact) mass is 373 g/mol. The van der Waals surface area contributed by atoms with Gasteiger partial charge in [0, 0.05) is 17.7 Å². The van der Waals surface area contributed by atoms with Crippen molar-refractivity contribution < 1.29 is 19.1 Å². The molecule has 2 aromatic rings. The Morgan fingerprint density at radius 2 is 1.81 bits per heavy atom. The Hall–Kier alpha value is -3.29. The lowest BCUT2D eigenvalue weighted by molar-refractivity contribution is -0.384. The van der Waals surface area contributed by atoms with E-state index in [-0.39, 0.29) is 11.8 Å². The molecule has 1 N–H and O–H groups in total. The van der Waals surface area contributed by atoms with Crippen molar-refractivity contribution in [2.45, 2.75) is 26.5 Å². The lowest BCUT2D eigenvalue weighted by Gasteiger charge is -2.12. The quantitative estimate of drug-likeness (QED) is 0.410. The Kier molecular flexibility index (Phi) is 6.99. The summed E-state index contributed by atoms with van der Waals surface area (Å²) in [5, 5.41) is 15.2. The zero-order valence-electron chi connectivity index (χ0n) is 15.8. The van der Waals surface area contributed by atoms with Gasteiger partial charge in [-0.3, -0.25) is 10.1 Å². The maximum absolute atomic E-state index is 11.0. The van der Waals surface area contributed by atoms with Gasteiger partial charge in [0.05, 0.1) is 38.0 Å². The predicted molar refractivity (Wildman–Crippen MR) is 103 cm³/mol. The van der Waals surface area contributed by atoms with E-state index in [1.54, 1.807) is 20.3 Å². The van der Waals surface area contributed by atoms with E-state index >= 15 is 0 Å². The second kappa shape index (κ2) is 9.42. The van der Waals surface area contributed by atoms with Crippen LogP contribution < -0.4 is 19.6 Å². The Bertz CT molecular complexity index is 821. The SMILES string of the molecule is COc1ccc(CN/N=C/c2cc([N+](=O)[O-])ccc2OC(C)C)cc1OC. The zero-order valence-corrected chi connectivity index (χ0v) is 15.8. The molecule has 2 aromatic carbocycles. The molecular formula is C19H23N3O5. The van der Waals surface area contributed by atoms with Crippen LogP contribution in [0.1, 0.15) is 25.0 Å². The van der Waals surface area contributed by atoms with Crippen LogP contribution in [0, 0.1) is 10.1 Å². The first-order valence-corrected chi connectivity index (χ1v) is 8.36. The summed E-state index contributed by atoms with van der Waals surface area (Å²) >= 11 is 0. The third-order valence-electron chi connectivity index (χ3n) is 3.59. The average Bonchev–Trinajstić information content (AvgIpc) is 2.65. The number of benzene rings is 2. The summed E-state index contributed by atoms with van der Waals surface area (Å²) in [4.78, 5) is 10.5. The maximum atomic E-state index is 11.0. The van der Waals surface area contributed by atoms with Crippen LogP contribution in [0.2, 0.25) is 0 Å². The van der Waals surface area contributed by atoms with Crippen LogP contribution in [0.5, 0.6) is 17.2 Å². The minimum Gasteiger partial charge on any atom is -0.493 e. The molecule has 8 nitrogen and oxygen atoms in total. The number of hydrogen-bond acceptors (Lipinski definition) is 7. The molecule has 8 heteroatoms. The topological polar surface area (TPSA) is 95.2 Å². The van der Waals surface area contributed by atoms with E-state index in [9.17, 15) is 10.1 Å². The van der Waals surface area contributed by atoms with E-state index in [4.69, 9.17) is 14.2 Å². The molecule has 0 aliphatic heterocycles. The van der Waals surface area contributed by atoms with Gasteiger partial charge in [-0.15, -0.1) is 0 Å². The van der Waals surface area contributed by atoms with Gasteiger partial charge in [0.25, 0.3) is 5.69 Å².